The molecular formula is C20H19ClN2O5S. The number of halogens is 1. The monoisotopic (exact) mass is 434 g/mol. The molecule has 0 fully saturated rings. The molecule has 0 radical (unpaired) electrons. The fourth-order valence-electron chi connectivity index (χ4n) is 2.70. The van der Waals surface area contributed by atoms with Gasteiger partial charge < -0.3 is 19.2 Å². The number of nitrogens with zero attached hydrogens (tertiary/aromatic N) is 1. The smallest absolute Gasteiger partial charge is 0.348 e. The SMILES string of the molecule is COCCOc1cccc(/C=C(\Cl)c2nc3sc(C(=O)OC)c(C)c3c(=O)[nH]2)c1. The van der Waals surface area contributed by atoms with Crippen molar-refractivity contribution in [3.8, 4) is 5.75 Å². The number of fused-ring (bicyclic) bond motifs is 1. The molecule has 29 heavy (non-hydrogen) atoms. The van der Waals surface area contributed by atoms with Crippen molar-refractivity contribution in [3.63, 3.8) is 0 Å². The Kier molecular flexibility index (Phi) is 6.68. The molecule has 0 bridgehead atoms. The Balaban J connectivity index is 1.95. The summed E-state index contributed by atoms with van der Waals surface area (Å²) < 4.78 is 15.3. The van der Waals surface area contributed by atoms with E-state index in [0.717, 1.165) is 16.9 Å². The topological polar surface area (TPSA) is 90.5 Å². The number of nitrogens with one attached hydrogen (secondary N) is 1. The van der Waals surface area contributed by atoms with E-state index in [0.29, 0.717) is 39.6 Å². The minimum Gasteiger partial charge on any atom is -0.491 e. The van der Waals surface area contributed by atoms with Gasteiger partial charge in [-0.15, -0.1) is 11.3 Å². The zero-order valence-electron chi connectivity index (χ0n) is 16.1. The van der Waals surface area contributed by atoms with Crippen LogP contribution in [-0.4, -0.2) is 43.4 Å². The van der Waals surface area contributed by atoms with E-state index < -0.39 is 5.97 Å². The van der Waals surface area contributed by atoms with Crippen molar-refractivity contribution in [1.82, 2.24) is 9.97 Å². The standard InChI is InChI=1S/C20H19ClN2O5S/c1-11-15-18(24)22-17(23-19(15)29-16(11)20(25)27-3)14(21)10-12-5-4-6-13(9-12)28-8-7-26-2/h4-6,9-10H,7-8H2,1-3H3,(H,22,23,24)/b14-10-. The van der Waals surface area contributed by atoms with Gasteiger partial charge >= 0.3 is 5.97 Å². The van der Waals surface area contributed by atoms with Crippen LogP contribution < -0.4 is 10.3 Å². The highest BCUT2D eigenvalue weighted by molar-refractivity contribution is 7.20. The molecule has 0 amide bonds. The number of methoxy groups -OCH3 is 2. The van der Waals surface area contributed by atoms with E-state index >= 15 is 0 Å². The first-order valence-corrected chi connectivity index (χ1v) is 9.85. The van der Waals surface area contributed by atoms with Crippen LogP contribution in [0.15, 0.2) is 29.1 Å². The minimum absolute atomic E-state index is 0.215. The van der Waals surface area contributed by atoms with Crippen LogP contribution in [0.1, 0.15) is 26.6 Å². The van der Waals surface area contributed by atoms with Crippen molar-refractivity contribution >= 4 is 50.2 Å². The lowest BCUT2D eigenvalue weighted by atomic mass is 10.2. The summed E-state index contributed by atoms with van der Waals surface area (Å²) in [7, 11) is 2.90. The lowest BCUT2D eigenvalue weighted by Gasteiger charge is -2.06. The fourth-order valence-corrected chi connectivity index (χ4v) is 4.01. The Morgan fingerprint density at radius 1 is 1.31 bits per heavy atom. The number of aryl methyl sites for hydroxylation is 1. The maximum absolute atomic E-state index is 12.5. The number of benzene rings is 1. The molecule has 0 aliphatic heterocycles. The van der Waals surface area contributed by atoms with Gasteiger partial charge in [0, 0.05) is 7.11 Å². The highest BCUT2D eigenvalue weighted by Crippen LogP contribution is 2.29. The summed E-state index contributed by atoms with van der Waals surface area (Å²) in [6.45, 7) is 2.61. The lowest BCUT2D eigenvalue weighted by Crippen LogP contribution is -2.10. The fraction of sp³-hybridized carbons (Fsp3) is 0.250. The molecule has 1 N–H and O–H groups in total. The molecule has 7 nitrogen and oxygen atoms in total. The number of hydrogen-bond acceptors (Lipinski definition) is 7. The largest absolute Gasteiger partial charge is 0.491 e. The third kappa shape index (κ3) is 4.67. The zero-order chi connectivity index (χ0) is 21.0. The van der Waals surface area contributed by atoms with Gasteiger partial charge in [0.1, 0.15) is 22.1 Å². The van der Waals surface area contributed by atoms with E-state index in [4.69, 9.17) is 25.8 Å². The predicted octanol–water partition coefficient (Wildman–Crippen LogP) is 3.84. The Morgan fingerprint density at radius 2 is 2.10 bits per heavy atom. The summed E-state index contributed by atoms with van der Waals surface area (Å²) in [5, 5.41) is 0.612. The molecule has 0 aliphatic carbocycles. The molecule has 3 aromatic rings. The Labute approximate surface area is 175 Å². The highest BCUT2D eigenvalue weighted by atomic mass is 35.5. The van der Waals surface area contributed by atoms with Crippen LogP contribution in [-0.2, 0) is 9.47 Å². The number of H-pyrrole nitrogens is 1. The molecule has 9 heteroatoms. The summed E-state index contributed by atoms with van der Waals surface area (Å²) in [5.41, 5.74) is 0.959. The summed E-state index contributed by atoms with van der Waals surface area (Å²) in [5.74, 6) is 0.389. The van der Waals surface area contributed by atoms with Crippen LogP contribution in [0.2, 0.25) is 0 Å². The maximum Gasteiger partial charge on any atom is 0.348 e. The van der Waals surface area contributed by atoms with Crippen molar-refractivity contribution < 1.29 is 19.0 Å². The van der Waals surface area contributed by atoms with Crippen LogP contribution in [0, 0.1) is 6.92 Å². The van der Waals surface area contributed by atoms with Gasteiger partial charge in [0.25, 0.3) is 5.56 Å². The summed E-state index contributed by atoms with van der Waals surface area (Å²) in [6.07, 6.45) is 1.68. The van der Waals surface area contributed by atoms with Crippen LogP contribution >= 0.6 is 22.9 Å². The van der Waals surface area contributed by atoms with Gasteiger partial charge in [-0.25, -0.2) is 9.78 Å². The second-order valence-electron chi connectivity index (χ2n) is 6.05. The third-order valence-electron chi connectivity index (χ3n) is 4.11. The number of hydrogen-bond donors (Lipinski definition) is 1. The quantitative estimate of drug-likeness (QED) is 0.448. The molecule has 0 unspecified atom stereocenters. The molecule has 3 rings (SSSR count). The van der Waals surface area contributed by atoms with Crippen LogP contribution in [0.25, 0.3) is 21.3 Å². The second kappa shape index (κ2) is 9.21. The van der Waals surface area contributed by atoms with Gasteiger partial charge in [-0.05, 0) is 36.3 Å². The average molecular weight is 435 g/mol. The van der Waals surface area contributed by atoms with Gasteiger partial charge in [-0.2, -0.15) is 0 Å². The Morgan fingerprint density at radius 3 is 2.83 bits per heavy atom. The van der Waals surface area contributed by atoms with Crippen LogP contribution in [0.4, 0.5) is 0 Å². The van der Waals surface area contributed by atoms with Crippen molar-refractivity contribution in [2.24, 2.45) is 0 Å². The molecule has 0 saturated carbocycles. The lowest BCUT2D eigenvalue weighted by molar-refractivity contribution is 0.0605. The number of carbonyl (C=O) groups excluding carboxylic acids is 1. The van der Waals surface area contributed by atoms with E-state index in [-0.39, 0.29) is 16.4 Å². The normalized spacial score (nSPS) is 11.7. The van der Waals surface area contributed by atoms with E-state index in [2.05, 4.69) is 9.97 Å². The molecule has 2 heterocycles. The van der Waals surface area contributed by atoms with Gasteiger partial charge in [0.2, 0.25) is 0 Å². The highest BCUT2D eigenvalue weighted by Gasteiger charge is 2.20. The number of ether oxygens (including phenoxy) is 3. The molecule has 152 valence electrons. The molecular weight excluding hydrogens is 416 g/mol. The van der Waals surface area contributed by atoms with E-state index in [1.807, 2.05) is 24.3 Å². The molecule has 0 saturated heterocycles. The van der Waals surface area contributed by atoms with Crippen LogP contribution in [0.3, 0.4) is 0 Å². The van der Waals surface area contributed by atoms with E-state index in [1.54, 1.807) is 20.1 Å². The van der Waals surface area contributed by atoms with Crippen molar-refractivity contribution in [3.05, 3.63) is 56.4 Å². The Bertz CT molecular complexity index is 1140. The zero-order valence-corrected chi connectivity index (χ0v) is 17.6. The number of aromatic nitrogens is 2. The first-order valence-electron chi connectivity index (χ1n) is 8.65. The van der Waals surface area contributed by atoms with Crippen molar-refractivity contribution in [2.75, 3.05) is 27.4 Å². The first-order chi connectivity index (χ1) is 13.9. The Hall–Kier alpha value is -2.68. The molecule has 0 spiro atoms. The number of carbonyl (C=O) groups is 1. The van der Waals surface area contributed by atoms with Gasteiger partial charge in [0.05, 0.1) is 24.1 Å². The molecule has 0 atom stereocenters. The van der Waals surface area contributed by atoms with Gasteiger partial charge in [-0.3, -0.25) is 4.79 Å². The second-order valence-corrected chi connectivity index (χ2v) is 7.45. The maximum atomic E-state index is 12.5. The molecule has 0 aliphatic rings. The number of aromatic amines is 1. The van der Waals surface area contributed by atoms with Crippen molar-refractivity contribution in [2.45, 2.75) is 6.92 Å². The average Bonchev–Trinajstić information content (AvgIpc) is 3.05. The predicted molar refractivity (Wildman–Crippen MR) is 114 cm³/mol. The summed E-state index contributed by atoms with van der Waals surface area (Å²) >= 11 is 7.51. The molecule has 2 aromatic heterocycles. The first kappa shape index (κ1) is 21.0. The van der Waals surface area contributed by atoms with Crippen LogP contribution in [0.5, 0.6) is 5.75 Å². The number of rotatable bonds is 7. The summed E-state index contributed by atoms with van der Waals surface area (Å²) in [6, 6.07) is 7.34. The van der Waals surface area contributed by atoms with Gasteiger partial charge in [0.15, 0.2) is 5.82 Å². The van der Waals surface area contributed by atoms with E-state index in [1.165, 1.54) is 7.11 Å². The third-order valence-corrected chi connectivity index (χ3v) is 5.56. The number of esters is 1. The van der Waals surface area contributed by atoms with Crippen molar-refractivity contribution in [1.29, 1.82) is 0 Å². The number of thiophene rings is 1. The minimum atomic E-state index is -0.502. The van der Waals surface area contributed by atoms with Gasteiger partial charge in [-0.1, -0.05) is 23.7 Å². The van der Waals surface area contributed by atoms with E-state index in [9.17, 15) is 9.59 Å². The summed E-state index contributed by atoms with van der Waals surface area (Å²) in [4.78, 5) is 32.3. The molecule has 1 aromatic carbocycles.